The van der Waals surface area contributed by atoms with Gasteiger partial charge in [-0.3, -0.25) is 10.1 Å². The number of halogens is 3. The Labute approximate surface area is 94.6 Å². The van der Waals surface area contributed by atoms with E-state index in [1.807, 2.05) is 0 Å². The fraction of sp³-hybridized carbons (Fsp3) is 0.333. The fourth-order valence-corrected chi connectivity index (χ4v) is 1.35. The van der Waals surface area contributed by atoms with E-state index in [4.69, 9.17) is 16.7 Å². The molecule has 0 aliphatic carbocycles. The molecule has 16 heavy (non-hydrogen) atoms. The molecule has 0 atom stereocenters. The normalized spacial score (nSPS) is 11.5. The van der Waals surface area contributed by atoms with Crippen LogP contribution < -0.4 is 0 Å². The lowest BCUT2D eigenvalue weighted by atomic mass is 10.1. The van der Waals surface area contributed by atoms with E-state index in [1.54, 1.807) is 0 Å². The summed E-state index contributed by atoms with van der Waals surface area (Å²) in [5.41, 5.74) is -1.10. The van der Waals surface area contributed by atoms with Crippen molar-refractivity contribution in [3.63, 3.8) is 0 Å². The van der Waals surface area contributed by atoms with Gasteiger partial charge in [-0.05, 0) is 6.07 Å². The lowest BCUT2D eigenvalue weighted by molar-refractivity contribution is -0.384. The van der Waals surface area contributed by atoms with E-state index in [2.05, 4.69) is 0 Å². The number of hydrogen-bond donors (Lipinski definition) is 1. The smallest absolute Gasteiger partial charge is 0.288 e. The molecule has 0 amide bonds. The molecule has 0 aromatic heterocycles. The molecule has 0 spiro atoms. The molecule has 0 aliphatic heterocycles. The van der Waals surface area contributed by atoms with E-state index >= 15 is 0 Å². The predicted molar refractivity (Wildman–Crippen MR) is 53.7 cm³/mol. The minimum Gasteiger partial charge on any atom is -0.396 e. The lowest BCUT2D eigenvalue weighted by Crippen LogP contribution is -2.15. The van der Waals surface area contributed by atoms with Gasteiger partial charge in [0.1, 0.15) is 5.02 Å². The lowest BCUT2D eigenvalue weighted by Gasteiger charge is -2.15. The number of alkyl halides is 2. The van der Waals surface area contributed by atoms with Crippen LogP contribution in [-0.4, -0.2) is 16.6 Å². The third-order valence-electron chi connectivity index (χ3n) is 1.99. The number of aliphatic hydroxyl groups excluding tert-OH is 1. The summed E-state index contributed by atoms with van der Waals surface area (Å²) < 4.78 is 26.6. The van der Waals surface area contributed by atoms with Crippen LogP contribution in [-0.2, 0) is 5.92 Å². The van der Waals surface area contributed by atoms with Crippen LogP contribution in [0.2, 0.25) is 5.02 Å². The quantitative estimate of drug-likeness (QED) is 0.661. The second-order valence-corrected chi connectivity index (χ2v) is 3.51. The molecule has 4 nitrogen and oxygen atoms in total. The van der Waals surface area contributed by atoms with Crippen LogP contribution in [0.4, 0.5) is 14.5 Å². The second kappa shape index (κ2) is 4.71. The summed E-state index contributed by atoms with van der Waals surface area (Å²) in [6.07, 6.45) is -0.786. The van der Waals surface area contributed by atoms with E-state index in [0.29, 0.717) is 0 Å². The maximum atomic E-state index is 13.3. The summed E-state index contributed by atoms with van der Waals surface area (Å²) in [5, 5.41) is 18.7. The fourth-order valence-electron chi connectivity index (χ4n) is 1.16. The van der Waals surface area contributed by atoms with Gasteiger partial charge in [-0.25, -0.2) is 8.78 Å². The van der Waals surface area contributed by atoms with Gasteiger partial charge in [0.05, 0.1) is 4.92 Å². The largest absolute Gasteiger partial charge is 0.396 e. The highest BCUT2D eigenvalue weighted by molar-refractivity contribution is 6.32. The van der Waals surface area contributed by atoms with Gasteiger partial charge in [0.15, 0.2) is 0 Å². The number of nitro benzene ring substituents is 1. The van der Waals surface area contributed by atoms with E-state index in [1.165, 1.54) is 0 Å². The number of aliphatic hydroxyl groups is 1. The van der Waals surface area contributed by atoms with Crippen molar-refractivity contribution < 1.29 is 18.8 Å². The van der Waals surface area contributed by atoms with Crippen LogP contribution in [0.25, 0.3) is 0 Å². The molecule has 0 fully saturated rings. The first-order chi connectivity index (χ1) is 7.38. The molecular weight excluding hydrogens is 244 g/mol. The molecule has 0 radical (unpaired) electrons. The zero-order chi connectivity index (χ0) is 12.3. The Bertz CT molecular complexity index is 412. The van der Waals surface area contributed by atoms with Crippen LogP contribution in [0.1, 0.15) is 12.0 Å². The molecule has 0 unspecified atom stereocenters. The van der Waals surface area contributed by atoms with Gasteiger partial charge < -0.3 is 5.11 Å². The molecule has 1 N–H and O–H groups in total. The monoisotopic (exact) mass is 251 g/mol. The standard InChI is InChI=1S/C9H8ClF2NO3/c10-7-2-1-6(5-8(7)13(15)16)9(11,12)3-4-14/h1-2,5,14H,3-4H2. The highest BCUT2D eigenvalue weighted by Gasteiger charge is 2.32. The van der Waals surface area contributed by atoms with Crippen molar-refractivity contribution in [2.75, 3.05) is 6.61 Å². The van der Waals surface area contributed by atoms with Crippen LogP contribution in [0.3, 0.4) is 0 Å². The molecule has 1 rings (SSSR count). The molecule has 0 heterocycles. The van der Waals surface area contributed by atoms with Crippen LogP contribution in [0.15, 0.2) is 18.2 Å². The Hall–Kier alpha value is -1.27. The predicted octanol–water partition coefficient (Wildman–Crippen LogP) is 2.72. The first kappa shape index (κ1) is 12.8. The van der Waals surface area contributed by atoms with E-state index in [9.17, 15) is 18.9 Å². The average Bonchev–Trinajstić information content (AvgIpc) is 2.17. The molecule has 0 bridgehead atoms. The van der Waals surface area contributed by atoms with Crippen molar-refractivity contribution >= 4 is 17.3 Å². The van der Waals surface area contributed by atoms with Crippen LogP contribution in [0, 0.1) is 10.1 Å². The summed E-state index contributed by atoms with van der Waals surface area (Å²) in [6, 6.07) is 2.77. The van der Waals surface area contributed by atoms with E-state index < -0.39 is 35.1 Å². The van der Waals surface area contributed by atoms with Gasteiger partial charge in [-0.2, -0.15) is 0 Å². The van der Waals surface area contributed by atoms with Crippen molar-refractivity contribution in [1.29, 1.82) is 0 Å². The van der Waals surface area contributed by atoms with E-state index in [-0.39, 0.29) is 5.02 Å². The Morgan fingerprint density at radius 3 is 2.62 bits per heavy atom. The van der Waals surface area contributed by atoms with Gasteiger partial charge in [0.2, 0.25) is 0 Å². The van der Waals surface area contributed by atoms with Gasteiger partial charge in [-0.1, -0.05) is 17.7 Å². The van der Waals surface area contributed by atoms with Gasteiger partial charge in [0.25, 0.3) is 11.6 Å². The van der Waals surface area contributed by atoms with Gasteiger partial charge in [0, 0.05) is 24.7 Å². The van der Waals surface area contributed by atoms with Crippen molar-refractivity contribution in [2.45, 2.75) is 12.3 Å². The molecule has 7 heteroatoms. The first-order valence-electron chi connectivity index (χ1n) is 4.31. The van der Waals surface area contributed by atoms with Crippen LogP contribution >= 0.6 is 11.6 Å². The zero-order valence-electron chi connectivity index (χ0n) is 7.99. The Balaban J connectivity index is 3.17. The number of benzene rings is 1. The molecule has 0 saturated heterocycles. The average molecular weight is 252 g/mol. The van der Waals surface area contributed by atoms with Crippen molar-refractivity contribution in [2.24, 2.45) is 0 Å². The van der Waals surface area contributed by atoms with E-state index in [0.717, 1.165) is 18.2 Å². The third-order valence-corrected chi connectivity index (χ3v) is 2.31. The van der Waals surface area contributed by atoms with Gasteiger partial charge >= 0.3 is 0 Å². The maximum absolute atomic E-state index is 13.3. The van der Waals surface area contributed by atoms with Crippen LogP contribution in [0.5, 0.6) is 0 Å². The number of nitrogens with zero attached hydrogens (tertiary/aromatic N) is 1. The molecule has 0 saturated carbocycles. The van der Waals surface area contributed by atoms with Crippen molar-refractivity contribution in [3.05, 3.63) is 38.9 Å². The minimum atomic E-state index is -3.30. The minimum absolute atomic E-state index is 0.200. The third kappa shape index (κ3) is 2.65. The topological polar surface area (TPSA) is 63.4 Å². The summed E-state index contributed by atoms with van der Waals surface area (Å²) in [7, 11) is 0. The number of rotatable bonds is 4. The zero-order valence-corrected chi connectivity index (χ0v) is 8.75. The molecular formula is C9H8ClF2NO3. The molecule has 0 aliphatic rings. The van der Waals surface area contributed by atoms with Crippen molar-refractivity contribution in [1.82, 2.24) is 0 Å². The maximum Gasteiger partial charge on any atom is 0.288 e. The molecule has 1 aromatic rings. The summed E-state index contributed by atoms with van der Waals surface area (Å²) >= 11 is 5.48. The summed E-state index contributed by atoms with van der Waals surface area (Å²) in [5.74, 6) is -3.30. The SMILES string of the molecule is O=[N+]([O-])c1cc(C(F)(F)CCO)ccc1Cl. The number of nitro groups is 1. The highest BCUT2D eigenvalue weighted by Crippen LogP contribution is 2.35. The van der Waals surface area contributed by atoms with Gasteiger partial charge in [-0.15, -0.1) is 0 Å². The molecule has 1 aromatic carbocycles. The molecule has 88 valence electrons. The Morgan fingerprint density at radius 1 is 1.50 bits per heavy atom. The summed E-state index contributed by atoms with van der Waals surface area (Å²) in [6.45, 7) is -0.705. The Morgan fingerprint density at radius 2 is 2.12 bits per heavy atom. The first-order valence-corrected chi connectivity index (χ1v) is 4.69. The van der Waals surface area contributed by atoms with Crippen molar-refractivity contribution in [3.8, 4) is 0 Å². The highest BCUT2D eigenvalue weighted by atomic mass is 35.5. The number of hydrogen-bond acceptors (Lipinski definition) is 3. The second-order valence-electron chi connectivity index (χ2n) is 3.10. The Kier molecular flexibility index (Phi) is 3.77. The summed E-state index contributed by atoms with van der Waals surface area (Å²) in [4.78, 5) is 9.65.